The lowest BCUT2D eigenvalue weighted by atomic mass is 10.0. The van der Waals surface area contributed by atoms with Crippen molar-refractivity contribution in [1.82, 2.24) is 0 Å². The first-order chi connectivity index (χ1) is 23.5. The van der Waals surface area contributed by atoms with Gasteiger partial charge in [0, 0.05) is 34.1 Å². The molecule has 0 heterocycles. The van der Waals surface area contributed by atoms with Gasteiger partial charge >= 0.3 is 0 Å². The quantitative estimate of drug-likeness (QED) is 0.126. The molecule has 0 N–H and O–H groups in total. The second-order valence-electron chi connectivity index (χ2n) is 13.0. The molecule has 2 heteroatoms. The summed E-state index contributed by atoms with van der Waals surface area (Å²) < 4.78 is 0. The van der Waals surface area contributed by atoms with Gasteiger partial charge in [0.25, 0.3) is 0 Å². The van der Waals surface area contributed by atoms with E-state index in [1.165, 1.54) is 81.8 Å². The molecule has 48 heavy (non-hydrogen) atoms. The minimum absolute atomic E-state index is 1.10. The number of aryl methyl sites for hydroxylation is 4. The van der Waals surface area contributed by atoms with E-state index in [0.29, 0.717) is 0 Å². The van der Waals surface area contributed by atoms with Crippen LogP contribution in [-0.4, -0.2) is 0 Å². The van der Waals surface area contributed by atoms with Crippen molar-refractivity contribution in [3.8, 4) is 11.1 Å². The lowest BCUT2D eigenvalue weighted by Gasteiger charge is -2.27. The van der Waals surface area contributed by atoms with E-state index in [9.17, 15) is 0 Å². The van der Waals surface area contributed by atoms with Crippen LogP contribution in [-0.2, 0) is 12.8 Å². The van der Waals surface area contributed by atoms with Gasteiger partial charge in [0.2, 0.25) is 0 Å². The van der Waals surface area contributed by atoms with Gasteiger partial charge in [-0.25, -0.2) is 0 Å². The van der Waals surface area contributed by atoms with Crippen LogP contribution < -0.4 is 9.80 Å². The van der Waals surface area contributed by atoms with Gasteiger partial charge in [-0.1, -0.05) is 111 Å². The fourth-order valence-corrected chi connectivity index (χ4v) is 6.35. The van der Waals surface area contributed by atoms with E-state index in [0.717, 1.165) is 24.2 Å². The second-order valence-corrected chi connectivity index (χ2v) is 13.0. The van der Waals surface area contributed by atoms with Crippen LogP contribution in [0.15, 0.2) is 146 Å². The SMILES string of the molecule is CCCCc1cccc(N(c2ccc(C)cc2)c2ccc(-c3ccc(N(c4ccc(C)cc4)c4cccc(CCCC)c4)cc3)cc2)c1. The van der Waals surface area contributed by atoms with Crippen molar-refractivity contribution < 1.29 is 0 Å². The molecule has 0 amide bonds. The van der Waals surface area contributed by atoms with Crippen molar-refractivity contribution in [2.75, 3.05) is 9.80 Å². The molecule has 6 rings (SSSR count). The monoisotopic (exact) mass is 628 g/mol. The number of hydrogen-bond donors (Lipinski definition) is 0. The third-order valence-electron chi connectivity index (χ3n) is 9.14. The zero-order valence-electron chi connectivity index (χ0n) is 29.0. The Morgan fingerprint density at radius 1 is 0.375 bits per heavy atom. The molecule has 0 unspecified atom stereocenters. The summed E-state index contributed by atoms with van der Waals surface area (Å²) in [6.07, 6.45) is 7.01. The van der Waals surface area contributed by atoms with Crippen LogP contribution in [0.4, 0.5) is 34.1 Å². The predicted molar refractivity (Wildman–Crippen MR) is 208 cm³/mol. The summed E-state index contributed by atoms with van der Waals surface area (Å²) in [5.41, 5.74) is 14.7. The van der Waals surface area contributed by atoms with Gasteiger partial charge in [-0.3, -0.25) is 0 Å². The van der Waals surface area contributed by atoms with E-state index in [-0.39, 0.29) is 0 Å². The Morgan fingerprint density at radius 2 is 0.708 bits per heavy atom. The highest BCUT2D eigenvalue weighted by Crippen LogP contribution is 2.38. The number of unbranched alkanes of at least 4 members (excludes halogenated alkanes) is 2. The fraction of sp³-hybridized carbons (Fsp3) is 0.217. The summed E-state index contributed by atoms with van der Waals surface area (Å²) in [6.45, 7) is 8.80. The lowest BCUT2D eigenvalue weighted by molar-refractivity contribution is 0.795. The molecular weight excluding hydrogens is 581 g/mol. The van der Waals surface area contributed by atoms with Crippen molar-refractivity contribution in [1.29, 1.82) is 0 Å². The molecule has 0 saturated heterocycles. The Balaban J connectivity index is 1.31. The van der Waals surface area contributed by atoms with Crippen LogP contribution in [0.3, 0.4) is 0 Å². The summed E-state index contributed by atoms with van der Waals surface area (Å²) in [5, 5.41) is 0. The zero-order chi connectivity index (χ0) is 33.3. The van der Waals surface area contributed by atoms with Crippen LogP contribution in [0, 0.1) is 13.8 Å². The molecule has 0 aliphatic heterocycles. The molecule has 0 saturated carbocycles. The van der Waals surface area contributed by atoms with Crippen molar-refractivity contribution >= 4 is 34.1 Å². The van der Waals surface area contributed by atoms with Gasteiger partial charge in [-0.15, -0.1) is 0 Å². The first kappa shape index (κ1) is 32.8. The summed E-state index contributed by atoms with van der Waals surface area (Å²) in [4.78, 5) is 4.74. The molecule has 2 nitrogen and oxygen atoms in total. The first-order valence-corrected chi connectivity index (χ1v) is 17.6. The van der Waals surface area contributed by atoms with Gasteiger partial charge in [0.15, 0.2) is 0 Å². The third-order valence-corrected chi connectivity index (χ3v) is 9.14. The molecule has 0 spiro atoms. The minimum Gasteiger partial charge on any atom is -0.310 e. The molecule has 0 bridgehead atoms. The van der Waals surface area contributed by atoms with E-state index >= 15 is 0 Å². The molecule has 0 aromatic heterocycles. The van der Waals surface area contributed by atoms with Crippen LogP contribution in [0.5, 0.6) is 0 Å². The van der Waals surface area contributed by atoms with Gasteiger partial charge in [-0.2, -0.15) is 0 Å². The Morgan fingerprint density at radius 3 is 1.04 bits per heavy atom. The van der Waals surface area contributed by atoms with E-state index in [1.54, 1.807) is 0 Å². The highest BCUT2D eigenvalue weighted by atomic mass is 15.1. The summed E-state index contributed by atoms with van der Waals surface area (Å²) in [5.74, 6) is 0. The van der Waals surface area contributed by atoms with Crippen LogP contribution in [0.2, 0.25) is 0 Å². The van der Waals surface area contributed by atoms with Crippen molar-refractivity contribution in [3.05, 3.63) is 168 Å². The van der Waals surface area contributed by atoms with Gasteiger partial charge in [0.05, 0.1) is 0 Å². The molecule has 0 radical (unpaired) electrons. The fourth-order valence-electron chi connectivity index (χ4n) is 6.35. The Kier molecular flexibility index (Phi) is 10.7. The van der Waals surface area contributed by atoms with Crippen molar-refractivity contribution in [3.63, 3.8) is 0 Å². The topological polar surface area (TPSA) is 6.48 Å². The van der Waals surface area contributed by atoms with Crippen LogP contribution >= 0.6 is 0 Å². The second kappa shape index (κ2) is 15.7. The molecule has 0 aliphatic carbocycles. The largest absolute Gasteiger partial charge is 0.310 e. The van der Waals surface area contributed by atoms with E-state index < -0.39 is 0 Å². The Hall–Kier alpha value is -5.08. The standard InChI is InChI=1S/C46H48N2/c1-5-7-11-37-13-9-15-45(33-37)47(41-25-17-35(3)18-26-41)43-29-21-39(22-30-43)40-23-31-44(32-24-40)48(42-27-19-36(4)20-28-42)46-16-10-14-38(34-46)12-8-6-2/h9-10,13-34H,5-8,11-12H2,1-4H3. The number of nitrogens with zero attached hydrogens (tertiary/aromatic N) is 2. The smallest absolute Gasteiger partial charge is 0.0464 e. The molecule has 6 aromatic carbocycles. The highest BCUT2D eigenvalue weighted by Gasteiger charge is 2.15. The molecule has 6 aromatic rings. The number of rotatable bonds is 13. The minimum atomic E-state index is 1.10. The van der Waals surface area contributed by atoms with Gasteiger partial charge in [0.1, 0.15) is 0 Å². The molecular formula is C46H48N2. The van der Waals surface area contributed by atoms with Crippen LogP contribution in [0.1, 0.15) is 61.8 Å². The highest BCUT2D eigenvalue weighted by molar-refractivity contribution is 5.81. The Bertz CT molecular complexity index is 1740. The van der Waals surface area contributed by atoms with Crippen LogP contribution in [0.25, 0.3) is 11.1 Å². The average Bonchev–Trinajstić information content (AvgIpc) is 3.13. The number of hydrogen-bond acceptors (Lipinski definition) is 2. The normalized spacial score (nSPS) is 11.0. The molecule has 0 fully saturated rings. The molecule has 0 atom stereocenters. The maximum absolute atomic E-state index is 2.37. The predicted octanol–water partition coefficient (Wildman–Crippen LogP) is 13.6. The molecule has 242 valence electrons. The van der Waals surface area contributed by atoms with Gasteiger partial charge in [-0.05, 0) is 135 Å². The first-order valence-electron chi connectivity index (χ1n) is 17.6. The maximum Gasteiger partial charge on any atom is 0.0464 e. The maximum atomic E-state index is 2.37. The summed E-state index contributed by atoms with van der Waals surface area (Å²) in [7, 11) is 0. The average molecular weight is 629 g/mol. The van der Waals surface area contributed by atoms with Crippen molar-refractivity contribution in [2.45, 2.75) is 66.2 Å². The van der Waals surface area contributed by atoms with E-state index in [4.69, 9.17) is 0 Å². The third kappa shape index (κ3) is 7.89. The van der Waals surface area contributed by atoms with Crippen molar-refractivity contribution in [2.24, 2.45) is 0 Å². The number of benzene rings is 6. The lowest BCUT2D eigenvalue weighted by Crippen LogP contribution is -2.10. The zero-order valence-corrected chi connectivity index (χ0v) is 29.0. The summed E-state index contributed by atoms with van der Waals surface area (Å²) >= 11 is 0. The Labute approximate surface area is 288 Å². The summed E-state index contributed by atoms with van der Waals surface area (Å²) in [6, 6.07) is 53.7. The van der Waals surface area contributed by atoms with Gasteiger partial charge < -0.3 is 9.80 Å². The molecule has 0 aliphatic rings. The van der Waals surface area contributed by atoms with E-state index in [1.807, 2.05) is 0 Å². The number of anilines is 6. The van der Waals surface area contributed by atoms with E-state index in [2.05, 4.69) is 183 Å².